The Kier molecular flexibility index (Phi) is 2.12. The highest BCUT2D eigenvalue weighted by Gasteiger charge is 2.38. The molecule has 0 amide bonds. The van der Waals surface area contributed by atoms with Crippen LogP contribution < -0.4 is 0 Å². The molecule has 70 valence electrons. The topological polar surface area (TPSA) is 20.2 Å². The molecule has 1 fully saturated rings. The van der Waals surface area contributed by atoms with Gasteiger partial charge in [0.1, 0.15) is 0 Å². The van der Waals surface area contributed by atoms with E-state index in [9.17, 15) is 5.11 Å². The second-order valence-electron chi connectivity index (χ2n) is 4.54. The molecule has 1 aliphatic carbocycles. The number of rotatable bonds is 2. The van der Waals surface area contributed by atoms with Crippen molar-refractivity contribution in [1.29, 1.82) is 0 Å². The second kappa shape index (κ2) is 3.15. The molecule has 0 spiro atoms. The molecule has 0 atom stereocenters. The van der Waals surface area contributed by atoms with E-state index in [1.54, 1.807) is 0 Å². The first-order chi connectivity index (χ1) is 6.18. The normalized spacial score (nSPS) is 32.6. The average molecular weight is 176 g/mol. The Morgan fingerprint density at radius 2 is 1.92 bits per heavy atom. The maximum atomic E-state index is 9.26. The Hall–Kier alpha value is -0.820. The van der Waals surface area contributed by atoms with Gasteiger partial charge in [-0.2, -0.15) is 0 Å². The molecule has 0 radical (unpaired) electrons. The third-order valence-electron chi connectivity index (χ3n) is 2.93. The molecule has 0 bridgehead atoms. The van der Waals surface area contributed by atoms with Gasteiger partial charge in [0.15, 0.2) is 0 Å². The Labute approximate surface area is 79.4 Å². The fraction of sp³-hybridized carbons (Fsp3) is 0.500. The van der Waals surface area contributed by atoms with E-state index < -0.39 is 0 Å². The van der Waals surface area contributed by atoms with Crippen LogP contribution in [0.4, 0.5) is 0 Å². The molecule has 13 heavy (non-hydrogen) atoms. The maximum absolute atomic E-state index is 9.26. The molecule has 1 aromatic rings. The van der Waals surface area contributed by atoms with E-state index in [2.05, 4.69) is 31.2 Å². The van der Waals surface area contributed by atoms with Gasteiger partial charge in [0.2, 0.25) is 0 Å². The van der Waals surface area contributed by atoms with Gasteiger partial charge in [-0.3, -0.25) is 0 Å². The highest BCUT2D eigenvalue weighted by molar-refractivity contribution is 5.17. The fourth-order valence-corrected chi connectivity index (χ4v) is 2.31. The lowest BCUT2D eigenvalue weighted by Crippen LogP contribution is -2.39. The molecular formula is C12H16O. The fourth-order valence-electron chi connectivity index (χ4n) is 2.31. The zero-order valence-electron chi connectivity index (χ0n) is 8.03. The lowest BCUT2D eigenvalue weighted by Gasteiger charge is -2.42. The van der Waals surface area contributed by atoms with Crippen molar-refractivity contribution in [2.75, 3.05) is 0 Å². The summed E-state index contributed by atoms with van der Waals surface area (Å²) in [6, 6.07) is 10.5. The van der Waals surface area contributed by atoms with Crippen molar-refractivity contribution in [3.05, 3.63) is 35.9 Å². The monoisotopic (exact) mass is 176 g/mol. The molecule has 0 heterocycles. The minimum Gasteiger partial charge on any atom is -0.393 e. The Bertz CT molecular complexity index is 272. The van der Waals surface area contributed by atoms with Gasteiger partial charge in [-0.05, 0) is 30.2 Å². The predicted molar refractivity (Wildman–Crippen MR) is 53.5 cm³/mol. The van der Waals surface area contributed by atoms with Gasteiger partial charge in [-0.25, -0.2) is 0 Å². The van der Waals surface area contributed by atoms with Crippen LogP contribution in [0.3, 0.4) is 0 Å². The smallest absolute Gasteiger partial charge is 0.0550 e. The van der Waals surface area contributed by atoms with Crippen molar-refractivity contribution in [2.45, 2.75) is 32.3 Å². The first kappa shape index (κ1) is 8.76. The quantitative estimate of drug-likeness (QED) is 0.733. The standard InChI is InChI=1S/C12H16O/c1-12(8-11(13)9-12)7-10-5-3-2-4-6-10/h2-6,11,13H,7-9H2,1H3. The lowest BCUT2D eigenvalue weighted by molar-refractivity contribution is -0.0197. The Morgan fingerprint density at radius 3 is 2.46 bits per heavy atom. The number of aliphatic hydroxyl groups excluding tert-OH is 1. The third-order valence-corrected chi connectivity index (χ3v) is 2.93. The van der Waals surface area contributed by atoms with Crippen molar-refractivity contribution in [3.8, 4) is 0 Å². The van der Waals surface area contributed by atoms with E-state index in [0.29, 0.717) is 5.41 Å². The second-order valence-corrected chi connectivity index (χ2v) is 4.54. The van der Waals surface area contributed by atoms with Gasteiger partial charge in [0, 0.05) is 0 Å². The third kappa shape index (κ3) is 1.92. The summed E-state index contributed by atoms with van der Waals surface area (Å²) in [6.45, 7) is 2.26. The molecule has 0 aromatic heterocycles. The van der Waals surface area contributed by atoms with Gasteiger partial charge < -0.3 is 5.11 Å². The highest BCUT2D eigenvalue weighted by Crippen LogP contribution is 2.43. The van der Waals surface area contributed by atoms with E-state index in [0.717, 1.165) is 19.3 Å². The van der Waals surface area contributed by atoms with Crippen LogP contribution in [0.5, 0.6) is 0 Å². The van der Waals surface area contributed by atoms with E-state index >= 15 is 0 Å². The largest absolute Gasteiger partial charge is 0.393 e. The Balaban J connectivity index is 1.99. The van der Waals surface area contributed by atoms with Gasteiger partial charge in [0.25, 0.3) is 0 Å². The predicted octanol–water partition coefficient (Wildman–Crippen LogP) is 2.39. The summed E-state index contributed by atoms with van der Waals surface area (Å²) in [7, 11) is 0. The van der Waals surface area contributed by atoms with Gasteiger partial charge in [-0.1, -0.05) is 37.3 Å². The molecular weight excluding hydrogens is 160 g/mol. The van der Waals surface area contributed by atoms with Crippen molar-refractivity contribution in [2.24, 2.45) is 5.41 Å². The number of benzene rings is 1. The average Bonchev–Trinajstić information content (AvgIpc) is 2.03. The van der Waals surface area contributed by atoms with Crippen molar-refractivity contribution < 1.29 is 5.11 Å². The van der Waals surface area contributed by atoms with E-state index in [1.807, 2.05) is 6.07 Å². The lowest BCUT2D eigenvalue weighted by atomic mass is 9.65. The Morgan fingerprint density at radius 1 is 1.31 bits per heavy atom. The van der Waals surface area contributed by atoms with Crippen LogP contribution in [0.2, 0.25) is 0 Å². The molecule has 2 rings (SSSR count). The molecule has 1 aromatic carbocycles. The molecule has 1 nitrogen and oxygen atoms in total. The van der Waals surface area contributed by atoms with E-state index in [4.69, 9.17) is 0 Å². The van der Waals surface area contributed by atoms with Gasteiger partial charge in [-0.15, -0.1) is 0 Å². The number of aliphatic hydroxyl groups is 1. The first-order valence-corrected chi connectivity index (χ1v) is 4.90. The summed E-state index contributed by atoms with van der Waals surface area (Å²) >= 11 is 0. The van der Waals surface area contributed by atoms with Crippen LogP contribution >= 0.6 is 0 Å². The van der Waals surface area contributed by atoms with Crippen LogP contribution in [0.1, 0.15) is 25.3 Å². The SMILES string of the molecule is CC1(Cc2ccccc2)CC(O)C1. The summed E-state index contributed by atoms with van der Waals surface area (Å²) in [5, 5.41) is 9.26. The number of hydrogen-bond donors (Lipinski definition) is 1. The molecule has 0 unspecified atom stereocenters. The van der Waals surface area contributed by atoms with Crippen molar-refractivity contribution in [3.63, 3.8) is 0 Å². The van der Waals surface area contributed by atoms with E-state index in [1.165, 1.54) is 5.56 Å². The zero-order chi connectivity index (χ0) is 9.31. The molecule has 1 N–H and O–H groups in total. The van der Waals surface area contributed by atoms with Crippen LogP contribution in [0, 0.1) is 5.41 Å². The highest BCUT2D eigenvalue weighted by atomic mass is 16.3. The maximum Gasteiger partial charge on any atom is 0.0550 e. The van der Waals surface area contributed by atoms with Gasteiger partial charge in [0.05, 0.1) is 6.10 Å². The molecule has 0 saturated heterocycles. The summed E-state index contributed by atoms with van der Waals surface area (Å²) in [5.41, 5.74) is 1.73. The summed E-state index contributed by atoms with van der Waals surface area (Å²) in [5.74, 6) is 0. The summed E-state index contributed by atoms with van der Waals surface area (Å²) in [4.78, 5) is 0. The van der Waals surface area contributed by atoms with Crippen molar-refractivity contribution in [1.82, 2.24) is 0 Å². The molecule has 0 aliphatic heterocycles. The van der Waals surface area contributed by atoms with Gasteiger partial charge >= 0.3 is 0 Å². The molecule has 1 saturated carbocycles. The molecule has 1 heteroatoms. The summed E-state index contributed by atoms with van der Waals surface area (Å²) < 4.78 is 0. The number of hydrogen-bond acceptors (Lipinski definition) is 1. The van der Waals surface area contributed by atoms with Crippen LogP contribution in [0.25, 0.3) is 0 Å². The minimum absolute atomic E-state index is 0.0475. The minimum atomic E-state index is -0.0475. The zero-order valence-corrected chi connectivity index (χ0v) is 8.03. The van der Waals surface area contributed by atoms with Crippen LogP contribution in [-0.4, -0.2) is 11.2 Å². The van der Waals surface area contributed by atoms with Crippen LogP contribution in [-0.2, 0) is 6.42 Å². The van der Waals surface area contributed by atoms with Crippen molar-refractivity contribution >= 4 is 0 Å². The molecule has 1 aliphatic rings. The summed E-state index contributed by atoms with van der Waals surface area (Å²) in [6.07, 6.45) is 2.98. The van der Waals surface area contributed by atoms with Crippen LogP contribution in [0.15, 0.2) is 30.3 Å². The van der Waals surface area contributed by atoms with E-state index in [-0.39, 0.29) is 6.10 Å². The first-order valence-electron chi connectivity index (χ1n) is 4.90.